The van der Waals surface area contributed by atoms with E-state index in [4.69, 9.17) is 5.73 Å². The molecule has 0 bridgehead atoms. The molecule has 1 aromatic rings. The van der Waals surface area contributed by atoms with E-state index in [2.05, 4.69) is 58.1 Å². The Kier molecular flexibility index (Phi) is 5.21. The molecule has 1 rings (SSSR count). The van der Waals surface area contributed by atoms with Gasteiger partial charge < -0.3 is 11.1 Å². The molecule has 1 aromatic carbocycles. The summed E-state index contributed by atoms with van der Waals surface area (Å²) in [6, 6.07) is 6.52. The van der Waals surface area contributed by atoms with Crippen LogP contribution in [-0.2, 0) is 0 Å². The van der Waals surface area contributed by atoms with Gasteiger partial charge in [-0.1, -0.05) is 45.9 Å². The molecule has 102 valence electrons. The number of nitrogens with two attached hydrogens (primary N) is 1. The van der Waals surface area contributed by atoms with Crippen molar-refractivity contribution in [3.8, 4) is 0 Å². The van der Waals surface area contributed by atoms with Crippen LogP contribution in [-0.4, -0.2) is 13.1 Å². The lowest BCUT2D eigenvalue weighted by molar-refractivity contribution is 0.358. The van der Waals surface area contributed by atoms with E-state index in [0.29, 0.717) is 5.92 Å². The monoisotopic (exact) mass is 248 g/mol. The Labute approximate surface area is 112 Å². The normalized spacial score (nSPS) is 11.9. The molecule has 0 fully saturated rings. The maximum Gasteiger partial charge on any atom is 0.0405 e. The number of anilines is 1. The third-order valence-electron chi connectivity index (χ3n) is 3.58. The zero-order valence-corrected chi connectivity index (χ0v) is 12.5. The molecule has 0 aromatic heterocycles. The molecule has 2 heteroatoms. The molecular weight excluding hydrogens is 220 g/mol. The zero-order valence-electron chi connectivity index (χ0n) is 12.5. The van der Waals surface area contributed by atoms with Gasteiger partial charge in [0.05, 0.1) is 0 Å². The molecule has 0 atom stereocenters. The van der Waals surface area contributed by atoms with Gasteiger partial charge in [-0.2, -0.15) is 0 Å². The molecule has 3 N–H and O–H groups in total. The second kappa shape index (κ2) is 6.24. The molecule has 0 saturated heterocycles. The van der Waals surface area contributed by atoms with Crippen LogP contribution in [0, 0.1) is 12.3 Å². The summed E-state index contributed by atoms with van der Waals surface area (Å²) in [7, 11) is 0. The van der Waals surface area contributed by atoms with Crippen LogP contribution in [0.1, 0.15) is 51.2 Å². The average molecular weight is 248 g/mol. The highest BCUT2D eigenvalue weighted by Crippen LogP contribution is 2.28. The van der Waals surface area contributed by atoms with Crippen molar-refractivity contribution in [2.24, 2.45) is 11.1 Å². The fourth-order valence-electron chi connectivity index (χ4n) is 2.04. The van der Waals surface area contributed by atoms with E-state index in [1.807, 2.05) is 0 Å². The van der Waals surface area contributed by atoms with E-state index in [9.17, 15) is 0 Å². The molecule has 0 unspecified atom stereocenters. The van der Waals surface area contributed by atoms with E-state index in [0.717, 1.165) is 19.5 Å². The fraction of sp³-hybridized carbons (Fsp3) is 0.625. The minimum absolute atomic E-state index is 0.216. The molecule has 0 heterocycles. The lowest BCUT2D eigenvalue weighted by Gasteiger charge is -2.24. The summed E-state index contributed by atoms with van der Waals surface area (Å²) in [5.41, 5.74) is 10.0. The van der Waals surface area contributed by atoms with E-state index >= 15 is 0 Å². The first-order valence-corrected chi connectivity index (χ1v) is 6.91. The highest BCUT2D eigenvalue weighted by Gasteiger charge is 2.15. The molecule has 0 radical (unpaired) electrons. The maximum atomic E-state index is 5.77. The van der Waals surface area contributed by atoms with E-state index in [1.54, 1.807) is 0 Å². The number of aryl methyl sites for hydroxylation is 1. The Hall–Kier alpha value is -1.02. The first-order chi connectivity index (χ1) is 8.37. The van der Waals surface area contributed by atoms with Gasteiger partial charge in [-0.05, 0) is 42.3 Å². The highest BCUT2D eigenvalue weighted by atomic mass is 14.9. The first kappa shape index (κ1) is 15.0. The molecule has 0 amide bonds. The third-order valence-corrected chi connectivity index (χ3v) is 3.58. The van der Waals surface area contributed by atoms with Crippen LogP contribution in [0.25, 0.3) is 0 Å². The van der Waals surface area contributed by atoms with Crippen molar-refractivity contribution in [1.82, 2.24) is 0 Å². The lowest BCUT2D eigenvalue weighted by Crippen LogP contribution is -2.26. The standard InChI is InChI=1S/C16H28N2/c1-12(2)14-8-6-7-13(3)15(14)18-10-9-16(4,5)11-17/h6-8,12,18H,9-11,17H2,1-5H3. The Balaban J connectivity index is 2.73. The predicted octanol–water partition coefficient (Wildman–Crippen LogP) is 3.91. The molecule has 0 aliphatic rings. The molecule has 0 aliphatic carbocycles. The lowest BCUT2D eigenvalue weighted by atomic mass is 9.89. The predicted molar refractivity (Wildman–Crippen MR) is 81.2 cm³/mol. The number of nitrogens with one attached hydrogen (secondary N) is 1. The van der Waals surface area contributed by atoms with Gasteiger partial charge in [-0.3, -0.25) is 0 Å². The van der Waals surface area contributed by atoms with Crippen LogP contribution in [0.2, 0.25) is 0 Å². The first-order valence-electron chi connectivity index (χ1n) is 6.91. The van der Waals surface area contributed by atoms with Gasteiger partial charge in [0.1, 0.15) is 0 Å². The smallest absolute Gasteiger partial charge is 0.0405 e. The number of hydrogen-bond donors (Lipinski definition) is 2. The molecular formula is C16H28N2. The average Bonchev–Trinajstić information content (AvgIpc) is 2.30. The van der Waals surface area contributed by atoms with Crippen molar-refractivity contribution in [2.75, 3.05) is 18.4 Å². The summed E-state index contributed by atoms with van der Waals surface area (Å²) in [4.78, 5) is 0. The van der Waals surface area contributed by atoms with Crippen LogP contribution in [0.15, 0.2) is 18.2 Å². The summed E-state index contributed by atoms with van der Waals surface area (Å²) >= 11 is 0. The van der Waals surface area contributed by atoms with Crippen molar-refractivity contribution in [1.29, 1.82) is 0 Å². The number of benzene rings is 1. The Morgan fingerprint density at radius 3 is 2.50 bits per heavy atom. The summed E-state index contributed by atoms with van der Waals surface area (Å²) in [6.45, 7) is 12.8. The van der Waals surface area contributed by atoms with Crippen LogP contribution >= 0.6 is 0 Å². The van der Waals surface area contributed by atoms with E-state index in [-0.39, 0.29) is 5.41 Å². The quantitative estimate of drug-likeness (QED) is 0.801. The fourth-order valence-corrected chi connectivity index (χ4v) is 2.04. The summed E-state index contributed by atoms with van der Waals surface area (Å²) in [5, 5.41) is 3.60. The summed E-state index contributed by atoms with van der Waals surface area (Å²) < 4.78 is 0. The van der Waals surface area contributed by atoms with Crippen molar-refractivity contribution in [3.05, 3.63) is 29.3 Å². The van der Waals surface area contributed by atoms with Crippen molar-refractivity contribution in [2.45, 2.75) is 47.0 Å². The van der Waals surface area contributed by atoms with Gasteiger partial charge in [0.2, 0.25) is 0 Å². The topological polar surface area (TPSA) is 38.0 Å². The Morgan fingerprint density at radius 1 is 1.28 bits per heavy atom. The van der Waals surface area contributed by atoms with Crippen LogP contribution in [0.5, 0.6) is 0 Å². The van der Waals surface area contributed by atoms with Crippen LogP contribution < -0.4 is 11.1 Å². The SMILES string of the molecule is Cc1cccc(C(C)C)c1NCCC(C)(C)CN. The number of rotatable bonds is 6. The van der Waals surface area contributed by atoms with E-state index < -0.39 is 0 Å². The van der Waals surface area contributed by atoms with Gasteiger partial charge in [-0.15, -0.1) is 0 Å². The van der Waals surface area contributed by atoms with Crippen LogP contribution in [0.4, 0.5) is 5.69 Å². The van der Waals surface area contributed by atoms with Crippen molar-refractivity contribution < 1.29 is 0 Å². The minimum Gasteiger partial charge on any atom is -0.385 e. The molecule has 0 saturated carbocycles. The molecule has 18 heavy (non-hydrogen) atoms. The van der Waals surface area contributed by atoms with Crippen molar-refractivity contribution in [3.63, 3.8) is 0 Å². The van der Waals surface area contributed by atoms with Gasteiger partial charge in [-0.25, -0.2) is 0 Å². The largest absolute Gasteiger partial charge is 0.385 e. The molecule has 2 nitrogen and oxygen atoms in total. The minimum atomic E-state index is 0.216. The molecule has 0 spiro atoms. The van der Waals surface area contributed by atoms with Gasteiger partial charge in [0.15, 0.2) is 0 Å². The maximum absolute atomic E-state index is 5.77. The number of para-hydroxylation sites is 1. The van der Waals surface area contributed by atoms with Crippen molar-refractivity contribution >= 4 is 5.69 Å². The number of hydrogen-bond acceptors (Lipinski definition) is 2. The highest BCUT2D eigenvalue weighted by molar-refractivity contribution is 5.58. The van der Waals surface area contributed by atoms with Gasteiger partial charge in [0.25, 0.3) is 0 Å². The van der Waals surface area contributed by atoms with Gasteiger partial charge >= 0.3 is 0 Å². The second-order valence-electron chi connectivity index (χ2n) is 6.24. The summed E-state index contributed by atoms with van der Waals surface area (Å²) in [6.07, 6.45) is 1.09. The Morgan fingerprint density at radius 2 is 1.94 bits per heavy atom. The summed E-state index contributed by atoms with van der Waals surface area (Å²) in [5.74, 6) is 0.551. The second-order valence-corrected chi connectivity index (χ2v) is 6.24. The van der Waals surface area contributed by atoms with Gasteiger partial charge in [0, 0.05) is 12.2 Å². The third kappa shape index (κ3) is 4.02. The Bertz CT molecular complexity index is 381. The molecule has 0 aliphatic heterocycles. The zero-order chi connectivity index (χ0) is 13.8. The van der Waals surface area contributed by atoms with E-state index in [1.165, 1.54) is 16.8 Å². The van der Waals surface area contributed by atoms with Crippen LogP contribution in [0.3, 0.4) is 0 Å².